The lowest BCUT2D eigenvalue weighted by atomic mass is 10.00. The van der Waals surface area contributed by atoms with Crippen molar-refractivity contribution in [1.29, 1.82) is 0 Å². The molecule has 7 nitrogen and oxygen atoms in total. The Morgan fingerprint density at radius 3 is 2.00 bits per heavy atom. The monoisotopic (exact) mass is 565 g/mol. The van der Waals surface area contributed by atoms with E-state index in [1.807, 2.05) is 93.6 Å². The highest BCUT2D eigenvalue weighted by Gasteiger charge is 2.26. The van der Waals surface area contributed by atoms with E-state index in [4.69, 9.17) is 19.2 Å². The smallest absolute Gasteiger partial charge is 0.410 e. The van der Waals surface area contributed by atoms with Crippen LogP contribution >= 0.6 is 0 Å². The molecular formula is C35H39N3O4. The summed E-state index contributed by atoms with van der Waals surface area (Å²) < 4.78 is 17.9. The maximum Gasteiger partial charge on any atom is 0.410 e. The number of aryl methyl sites for hydroxylation is 1. The van der Waals surface area contributed by atoms with E-state index < -0.39 is 5.60 Å². The summed E-state index contributed by atoms with van der Waals surface area (Å²) in [5.74, 6) is 1.04. The Hall–Kier alpha value is -4.52. The van der Waals surface area contributed by atoms with Gasteiger partial charge in [-0.15, -0.1) is 0 Å². The first kappa shape index (κ1) is 29.0. The molecule has 42 heavy (non-hydrogen) atoms. The molecule has 1 amide bonds. The SMILES string of the molecule is Cc1ccc(N2CCN(C(=O)OC(C)(C)C)CC2)cc1-c1ccc(OCc2ccccc2)nc1OCc1ccccc1. The van der Waals surface area contributed by atoms with Crippen molar-refractivity contribution >= 4 is 11.8 Å². The van der Waals surface area contributed by atoms with Crippen LogP contribution in [0.4, 0.5) is 10.5 Å². The molecule has 0 saturated carbocycles. The fraction of sp³-hybridized carbons (Fsp3) is 0.314. The predicted octanol–water partition coefficient (Wildman–Crippen LogP) is 7.27. The number of aromatic nitrogens is 1. The number of nitrogens with zero attached hydrogens (tertiary/aromatic N) is 3. The summed E-state index contributed by atoms with van der Waals surface area (Å²) in [6, 6.07) is 30.5. The number of piperazine rings is 1. The summed E-state index contributed by atoms with van der Waals surface area (Å²) in [4.78, 5) is 21.4. The van der Waals surface area contributed by atoms with E-state index in [0.29, 0.717) is 38.1 Å². The maximum atomic E-state index is 12.6. The molecule has 3 aromatic carbocycles. The van der Waals surface area contributed by atoms with Crippen molar-refractivity contribution in [2.75, 3.05) is 31.1 Å². The zero-order chi connectivity index (χ0) is 29.5. The number of hydrogen-bond acceptors (Lipinski definition) is 6. The largest absolute Gasteiger partial charge is 0.473 e. The lowest BCUT2D eigenvalue weighted by Gasteiger charge is -2.37. The molecule has 2 heterocycles. The number of rotatable bonds is 8. The predicted molar refractivity (Wildman–Crippen MR) is 166 cm³/mol. The first-order valence-electron chi connectivity index (χ1n) is 14.4. The fourth-order valence-corrected chi connectivity index (χ4v) is 4.85. The molecule has 4 aromatic rings. The minimum Gasteiger partial charge on any atom is -0.473 e. The van der Waals surface area contributed by atoms with Crippen molar-refractivity contribution in [3.63, 3.8) is 0 Å². The third-order valence-corrected chi connectivity index (χ3v) is 7.09. The highest BCUT2D eigenvalue weighted by Crippen LogP contribution is 2.36. The minimum atomic E-state index is -0.503. The summed E-state index contributed by atoms with van der Waals surface area (Å²) in [5, 5.41) is 0. The Morgan fingerprint density at radius 1 is 0.762 bits per heavy atom. The van der Waals surface area contributed by atoms with Gasteiger partial charge in [-0.3, -0.25) is 0 Å². The van der Waals surface area contributed by atoms with Crippen molar-refractivity contribution in [2.45, 2.75) is 46.5 Å². The number of anilines is 1. The molecule has 1 aromatic heterocycles. The zero-order valence-electron chi connectivity index (χ0n) is 24.9. The van der Waals surface area contributed by atoms with Crippen LogP contribution in [0.15, 0.2) is 91.0 Å². The van der Waals surface area contributed by atoms with Gasteiger partial charge in [0.1, 0.15) is 18.8 Å². The Bertz CT molecular complexity index is 1480. The van der Waals surface area contributed by atoms with Crippen molar-refractivity contribution in [3.05, 3.63) is 108 Å². The van der Waals surface area contributed by atoms with Crippen LogP contribution in [0, 0.1) is 6.92 Å². The quantitative estimate of drug-likeness (QED) is 0.224. The third kappa shape index (κ3) is 7.60. The maximum absolute atomic E-state index is 12.6. The zero-order valence-corrected chi connectivity index (χ0v) is 24.9. The Morgan fingerprint density at radius 2 is 1.38 bits per heavy atom. The van der Waals surface area contributed by atoms with Gasteiger partial charge in [0.2, 0.25) is 11.8 Å². The van der Waals surface area contributed by atoms with Gasteiger partial charge in [-0.1, -0.05) is 66.7 Å². The van der Waals surface area contributed by atoms with Gasteiger partial charge in [-0.05, 0) is 68.1 Å². The number of carbonyl (C=O) groups is 1. The molecule has 0 spiro atoms. The van der Waals surface area contributed by atoms with Crippen LogP contribution < -0.4 is 14.4 Å². The molecule has 1 fully saturated rings. The molecule has 1 aliphatic heterocycles. The van der Waals surface area contributed by atoms with E-state index in [-0.39, 0.29) is 6.09 Å². The summed E-state index contributed by atoms with van der Waals surface area (Å²) in [5.41, 5.74) is 5.81. The molecule has 0 bridgehead atoms. The average molecular weight is 566 g/mol. The van der Waals surface area contributed by atoms with E-state index in [9.17, 15) is 4.79 Å². The molecule has 218 valence electrons. The standard InChI is InChI=1S/C35H39N3O4/c1-26-15-16-29(37-19-21-38(22-20-37)34(39)42-35(2,3)4)23-31(26)30-17-18-32(40-24-27-11-7-5-8-12-27)36-33(30)41-25-28-13-9-6-10-14-28/h5-18,23H,19-22,24-25H2,1-4H3. The molecule has 0 aliphatic carbocycles. The minimum absolute atomic E-state index is 0.257. The van der Waals surface area contributed by atoms with E-state index in [2.05, 4.69) is 30.0 Å². The molecule has 0 unspecified atom stereocenters. The van der Waals surface area contributed by atoms with Crippen molar-refractivity contribution in [3.8, 4) is 22.9 Å². The number of pyridine rings is 1. The second kappa shape index (κ2) is 13.0. The summed E-state index contributed by atoms with van der Waals surface area (Å²) in [7, 11) is 0. The van der Waals surface area contributed by atoms with Crippen molar-refractivity contribution in [1.82, 2.24) is 9.88 Å². The first-order valence-corrected chi connectivity index (χ1v) is 14.4. The topological polar surface area (TPSA) is 64.1 Å². The highest BCUT2D eigenvalue weighted by atomic mass is 16.6. The second-order valence-electron chi connectivity index (χ2n) is 11.5. The van der Waals surface area contributed by atoms with Crippen LogP contribution in [0.1, 0.15) is 37.5 Å². The van der Waals surface area contributed by atoms with Gasteiger partial charge in [0.05, 0.1) is 0 Å². The van der Waals surface area contributed by atoms with E-state index in [1.165, 1.54) is 0 Å². The third-order valence-electron chi connectivity index (χ3n) is 7.09. The molecule has 1 saturated heterocycles. The van der Waals surface area contributed by atoms with Crippen LogP contribution in [0.5, 0.6) is 11.8 Å². The normalized spacial score (nSPS) is 13.5. The van der Waals surface area contributed by atoms with Gasteiger partial charge >= 0.3 is 6.09 Å². The van der Waals surface area contributed by atoms with Gasteiger partial charge < -0.3 is 24.0 Å². The molecule has 0 N–H and O–H groups in total. The van der Waals surface area contributed by atoms with Gasteiger partial charge in [-0.25, -0.2) is 4.79 Å². The Kier molecular flexibility index (Phi) is 8.96. The van der Waals surface area contributed by atoms with Gasteiger partial charge in [0.25, 0.3) is 0 Å². The second-order valence-corrected chi connectivity index (χ2v) is 11.5. The van der Waals surface area contributed by atoms with Crippen LogP contribution in [0.3, 0.4) is 0 Å². The van der Waals surface area contributed by atoms with Crippen molar-refractivity contribution < 1.29 is 19.0 Å². The number of ether oxygens (including phenoxy) is 3. The molecule has 7 heteroatoms. The van der Waals surface area contributed by atoms with Gasteiger partial charge in [-0.2, -0.15) is 4.98 Å². The molecule has 5 rings (SSSR count). The average Bonchev–Trinajstić information content (AvgIpc) is 3.00. The van der Waals surface area contributed by atoms with E-state index in [1.54, 1.807) is 4.90 Å². The van der Waals surface area contributed by atoms with Crippen LogP contribution in [-0.4, -0.2) is 47.8 Å². The van der Waals surface area contributed by atoms with Crippen LogP contribution in [0.25, 0.3) is 11.1 Å². The fourth-order valence-electron chi connectivity index (χ4n) is 4.85. The van der Waals surface area contributed by atoms with E-state index >= 15 is 0 Å². The Labute approximate surface area is 248 Å². The first-order chi connectivity index (χ1) is 20.2. The van der Waals surface area contributed by atoms with Crippen LogP contribution in [0.2, 0.25) is 0 Å². The molecule has 0 atom stereocenters. The molecule has 0 radical (unpaired) electrons. The number of hydrogen-bond donors (Lipinski definition) is 0. The summed E-state index contributed by atoms with van der Waals surface area (Å²) >= 11 is 0. The Balaban J connectivity index is 1.37. The highest BCUT2D eigenvalue weighted by molar-refractivity contribution is 5.76. The number of amides is 1. The van der Waals surface area contributed by atoms with E-state index in [0.717, 1.165) is 46.6 Å². The molecule has 1 aliphatic rings. The lowest BCUT2D eigenvalue weighted by molar-refractivity contribution is 0.0240. The van der Waals surface area contributed by atoms with Crippen LogP contribution in [-0.2, 0) is 18.0 Å². The number of benzene rings is 3. The number of carbonyl (C=O) groups excluding carboxylic acids is 1. The van der Waals surface area contributed by atoms with Gasteiger partial charge in [0, 0.05) is 43.5 Å². The summed E-state index contributed by atoms with van der Waals surface area (Å²) in [6.45, 7) is 11.3. The summed E-state index contributed by atoms with van der Waals surface area (Å²) in [6.07, 6.45) is -0.257. The van der Waals surface area contributed by atoms with Gasteiger partial charge in [0.15, 0.2) is 0 Å². The van der Waals surface area contributed by atoms with Crippen molar-refractivity contribution in [2.24, 2.45) is 0 Å². The lowest BCUT2D eigenvalue weighted by Crippen LogP contribution is -2.50. The molecular weight excluding hydrogens is 526 g/mol.